The molecular formula is C25H32N4O3S3. The summed E-state index contributed by atoms with van der Waals surface area (Å²) in [6, 6.07) is 8.99. The van der Waals surface area contributed by atoms with E-state index in [9.17, 15) is 13.2 Å². The average Bonchev–Trinajstić information content (AvgIpc) is 3.55. The summed E-state index contributed by atoms with van der Waals surface area (Å²) in [5.74, 6) is 0.662. The molecule has 2 fully saturated rings. The molecule has 0 spiro atoms. The highest BCUT2D eigenvalue weighted by atomic mass is 32.2. The van der Waals surface area contributed by atoms with Crippen molar-refractivity contribution in [1.82, 2.24) is 20.5 Å². The molecule has 10 heteroatoms. The van der Waals surface area contributed by atoms with Crippen molar-refractivity contribution < 1.29 is 13.2 Å². The molecule has 0 radical (unpaired) electrons. The SMILES string of the molecule is O=C(NC1CCN(CCC2CCNCC2)CC1)c1nc2ccc(CS(=O)(=O)c3cccs3)cc2s1. The maximum atomic E-state index is 12.9. The Morgan fingerprint density at radius 1 is 1.14 bits per heavy atom. The van der Waals surface area contributed by atoms with E-state index in [2.05, 4.69) is 20.5 Å². The molecule has 2 saturated heterocycles. The van der Waals surface area contributed by atoms with Crippen LogP contribution in [0, 0.1) is 5.92 Å². The minimum atomic E-state index is -3.37. The van der Waals surface area contributed by atoms with Gasteiger partial charge in [-0.1, -0.05) is 12.1 Å². The van der Waals surface area contributed by atoms with Crippen molar-refractivity contribution in [3.8, 4) is 0 Å². The number of amides is 1. The summed E-state index contributed by atoms with van der Waals surface area (Å²) in [7, 11) is -3.37. The molecule has 4 heterocycles. The molecule has 0 saturated carbocycles. The Kier molecular flexibility index (Phi) is 7.83. The lowest BCUT2D eigenvalue weighted by Crippen LogP contribution is -2.45. The molecule has 35 heavy (non-hydrogen) atoms. The molecule has 1 amide bonds. The van der Waals surface area contributed by atoms with Crippen LogP contribution in [0.15, 0.2) is 39.9 Å². The van der Waals surface area contributed by atoms with E-state index in [1.54, 1.807) is 23.6 Å². The van der Waals surface area contributed by atoms with Gasteiger partial charge in [-0.15, -0.1) is 22.7 Å². The van der Waals surface area contributed by atoms with Crippen LogP contribution in [0.25, 0.3) is 10.2 Å². The number of carbonyl (C=O) groups is 1. The van der Waals surface area contributed by atoms with Crippen LogP contribution in [0.1, 0.15) is 47.5 Å². The first-order valence-electron chi connectivity index (χ1n) is 12.4. The summed E-state index contributed by atoms with van der Waals surface area (Å²) in [5, 5.41) is 8.81. The van der Waals surface area contributed by atoms with Gasteiger partial charge in [0, 0.05) is 19.1 Å². The number of carbonyl (C=O) groups excluding carboxylic acids is 1. The van der Waals surface area contributed by atoms with E-state index < -0.39 is 9.84 Å². The number of thiophene rings is 1. The van der Waals surface area contributed by atoms with Crippen molar-refractivity contribution in [3.63, 3.8) is 0 Å². The largest absolute Gasteiger partial charge is 0.347 e. The molecule has 7 nitrogen and oxygen atoms in total. The second-order valence-corrected chi connectivity index (χ2v) is 13.8. The molecule has 5 rings (SSSR count). The lowest BCUT2D eigenvalue weighted by molar-refractivity contribution is 0.0908. The topological polar surface area (TPSA) is 91.4 Å². The van der Waals surface area contributed by atoms with Gasteiger partial charge in [0.05, 0.1) is 16.0 Å². The standard InChI is InChI=1S/C25H32N4O3S3/c30-24(27-20-8-13-29(14-9-20)12-7-18-5-10-26-11-6-18)25-28-21-4-3-19(16-22(21)34-25)17-35(31,32)23-2-1-15-33-23/h1-4,15-16,18,20,26H,5-14,17H2,(H,27,30). The monoisotopic (exact) mass is 532 g/mol. The highest BCUT2D eigenvalue weighted by Crippen LogP contribution is 2.27. The van der Waals surface area contributed by atoms with E-state index in [1.807, 2.05) is 12.1 Å². The normalized spacial score (nSPS) is 18.7. The highest BCUT2D eigenvalue weighted by molar-refractivity contribution is 7.92. The second-order valence-electron chi connectivity index (χ2n) is 9.58. The third-order valence-electron chi connectivity index (χ3n) is 7.04. The number of fused-ring (bicyclic) bond motifs is 1. The molecule has 2 aliphatic heterocycles. The third kappa shape index (κ3) is 6.29. The molecule has 0 bridgehead atoms. The number of likely N-dealkylation sites (tertiary alicyclic amines) is 1. The number of benzene rings is 1. The molecule has 188 valence electrons. The number of thiazole rings is 1. The number of hydrogen-bond acceptors (Lipinski definition) is 8. The number of sulfone groups is 1. The van der Waals surface area contributed by atoms with Crippen molar-refractivity contribution in [2.24, 2.45) is 5.92 Å². The van der Waals surface area contributed by atoms with Gasteiger partial charge in [-0.3, -0.25) is 4.79 Å². The number of rotatable bonds is 8. The first kappa shape index (κ1) is 24.8. The summed E-state index contributed by atoms with van der Waals surface area (Å²) in [4.78, 5) is 19.9. The van der Waals surface area contributed by atoms with Crippen LogP contribution in [-0.4, -0.2) is 63.0 Å². The van der Waals surface area contributed by atoms with Gasteiger partial charge in [-0.2, -0.15) is 0 Å². The van der Waals surface area contributed by atoms with Gasteiger partial charge >= 0.3 is 0 Å². The number of aromatic nitrogens is 1. The first-order chi connectivity index (χ1) is 17.0. The average molecular weight is 533 g/mol. The van der Waals surface area contributed by atoms with Gasteiger partial charge in [0.25, 0.3) is 5.91 Å². The van der Waals surface area contributed by atoms with Gasteiger partial charge < -0.3 is 15.5 Å². The molecule has 2 aliphatic rings. The van der Waals surface area contributed by atoms with Crippen molar-refractivity contribution in [2.75, 3.05) is 32.7 Å². The molecule has 0 unspecified atom stereocenters. The van der Waals surface area contributed by atoms with Crippen molar-refractivity contribution in [3.05, 3.63) is 46.3 Å². The predicted octanol–water partition coefficient (Wildman–Crippen LogP) is 3.92. The summed E-state index contributed by atoms with van der Waals surface area (Å²) >= 11 is 2.56. The Morgan fingerprint density at radius 3 is 2.69 bits per heavy atom. The Balaban J connectivity index is 1.14. The lowest BCUT2D eigenvalue weighted by atomic mass is 9.94. The van der Waals surface area contributed by atoms with Gasteiger partial charge in [-0.05, 0) is 86.8 Å². The van der Waals surface area contributed by atoms with Gasteiger partial charge in [0.1, 0.15) is 4.21 Å². The van der Waals surface area contributed by atoms with Crippen molar-refractivity contribution in [2.45, 2.75) is 48.1 Å². The van der Waals surface area contributed by atoms with Gasteiger partial charge in [-0.25, -0.2) is 13.4 Å². The van der Waals surface area contributed by atoms with E-state index in [0.717, 1.165) is 61.7 Å². The summed E-state index contributed by atoms with van der Waals surface area (Å²) < 4.78 is 26.4. The maximum absolute atomic E-state index is 12.9. The van der Waals surface area contributed by atoms with Crippen LogP contribution in [0.3, 0.4) is 0 Å². The maximum Gasteiger partial charge on any atom is 0.280 e. The molecule has 3 aromatic rings. The number of hydrogen-bond donors (Lipinski definition) is 2. The minimum Gasteiger partial charge on any atom is -0.347 e. The number of nitrogens with one attached hydrogen (secondary N) is 2. The zero-order chi connectivity index (χ0) is 24.3. The predicted molar refractivity (Wildman–Crippen MR) is 142 cm³/mol. The first-order valence-corrected chi connectivity index (χ1v) is 15.7. The van der Waals surface area contributed by atoms with E-state index in [0.29, 0.717) is 14.8 Å². The van der Waals surface area contributed by atoms with Crippen LogP contribution >= 0.6 is 22.7 Å². The van der Waals surface area contributed by atoms with Gasteiger partial charge in [0.2, 0.25) is 0 Å². The van der Waals surface area contributed by atoms with Crippen LogP contribution in [0.5, 0.6) is 0 Å². The molecule has 2 aromatic heterocycles. The fourth-order valence-corrected chi connectivity index (χ4v) is 8.33. The van der Waals surface area contributed by atoms with Crippen LogP contribution in [-0.2, 0) is 15.6 Å². The van der Waals surface area contributed by atoms with Crippen molar-refractivity contribution in [1.29, 1.82) is 0 Å². The van der Waals surface area contributed by atoms with Crippen molar-refractivity contribution >= 4 is 48.6 Å². The lowest BCUT2D eigenvalue weighted by Gasteiger charge is -2.33. The highest BCUT2D eigenvalue weighted by Gasteiger charge is 2.24. The van der Waals surface area contributed by atoms with Gasteiger partial charge in [0.15, 0.2) is 14.8 Å². The number of piperidine rings is 2. The van der Waals surface area contributed by atoms with E-state index in [-0.39, 0.29) is 17.7 Å². The van der Waals surface area contributed by atoms with E-state index in [1.165, 1.54) is 41.9 Å². The minimum absolute atomic E-state index is 0.0565. The van der Waals surface area contributed by atoms with E-state index in [4.69, 9.17) is 0 Å². The molecular weight excluding hydrogens is 501 g/mol. The molecule has 0 atom stereocenters. The van der Waals surface area contributed by atoms with Crippen LogP contribution < -0.4 is 10.6 Å². The quantitative estimate of drug-likeness (QED) is 0.457. The fourth-order valence-electron chi connectivity index (χ4n) is 4.97. The third-order valence-corrected chi connectivity index (χ3v) is 11.2. The fraction of sp³-hybridized carbons (Fsp3) is 0.520. The van der Waals surface area contributed by atoms with E-state index >= 15 is 0 Å². The zero-order valence-corrected chi connectivity index (χ0v) is 22.2. The Labute approximate surface area is 214 Å². The smallest absolute Gasteiger partial charge is 0.280 e. The molecule has 1 aromatic carbocycles. The second kappa shape index (κ2) is 11.0. The summed E-state index contributed by atoms with van der Waals surface area (Å²) in [6.07, 6.45) is 5.80. The Morgan fingerprint density at radius 2 is 1.94 bits per heavy atom. The Bertz CT molecular complexity index is 1240. The summed E-state index contributed by atoms with van der Waals surface area (Å²) in [6.45, 7) is 5.52. The Hall–Kier alpha value is -1.85. The zero-order valence-electron chi connectivity index (χ0n) is 19.7. The molecule has 0 aliphatic carbocycles. The van der Waals surface area contributed by atoms with Crippen LogP contribution in [0.4, 0.5) is 0 Å². The van der Waals surface area contributed by atoms with Crippen LogP contribution in [0.2, 0.25) is 0 Å². The molecule has 2 N–H and O–H groups in total. The number of nitrogens with zero attached hydrogens (tertiary/aromatic N) is 2. The summed E-state index contributed by atoms with van der Waals surface area (Å²) in [5.41, 5.74) is 1.43.